The van der Waals surface area contributed by atoms with Gasteiger partial charge in [0.1, 0.15) is 5.76 Å². The van der Waals surface area contributed by atoms with Gasteiger partial charge >= 0.3 is 0 Å². The van der Waals surface area contributed by atoms with E-state index in [1.54, 1.807) is 6.26 Å². The maximum atomic E-state index is 5.61. The zero-order valence-electron chi connectivity index (χ0n) is 10.9. The van der Waals surface area contributed by atoms with Crippen molar-refractivity contribution in [1.29, 1.82) is 0 Å². The Labute approximate surface area is 107 Å². The van der Waals surface area contributed by atoms with Crippen LogP contribution in [0.3, 0.4) is 0 Å². The highest BCUT2D eigenvalue weighted by molar-refractivity contribution is 5.10. The van der Waals surface area contributed by atoms with E-state index in [-0.39, 0.29) is 6.04 Å². The molecule has 2 aromatic rings. The Kier molecular flexibility index (Phi) is 4.17. The molecule has 5 nitrogen and oxygen atoms in total. The van der Waals surface area contributed by atoms with Crippen LogP contribution < -0.4 is 11.3 Å². The van der Waals surface area contributed by atoms with Gasteiger partial charge in [-0.1, -0.05) is 0 Å². The predicted molar refractivity (Wildman–Crippen MR) is 69.8 cm³/mol. The molecule has 18 heavy (non-hydrogen) atoms. The van der Waals surface area contributed by atoms with Crippen molar-refractivity contribution >= 4 is 0 Å². The molecule has 98 valence electrons. The van der Waals surface area contributed by atoms with Gasteiger partial charge in [0.05, 0.1) is 12.0 Å². The quantitative estimate of drug-likeness (QED) is 0.597. The average molecular weight is 248 g/mol. The first-order valence-electron chi connectivity index (χ1n) is 6.17. The fourth-order valence-corrected chi connectivity index (χ4v) is 2.12. The molecule has 0 saturated carbocycles. The van der Waals surface area contributed by atoms with Crippen molar-refractivity contribution < 1.29 is 4.42 Å². The number of nitrogens with two attached hydrogens (primary N) is 1. The zero-order chi connectivity index (χ0) is 13.0. The van der Waals surface area contributed by atoms with Crippen molar-refractivity contribution in [2.45, 2.75) is 32.2 Å². The van der Waals surface area contributed by atoms with Crippen molar-refractivity contribution in [2.75, 3.05) is 0 Å². The van der Waals surface area contributed by atoms with Crippen molar-refractivity contribution in [2.24, 2.45) is 12.9 Å². The number of nitrogens with one attached hydrogen (secondary N) is 1. The highest BCUT2D eigenvalue weighted by atomic mass is 16.3. The molecule has 0 aromatic carbocycles. The summed E-state index contributed by atoms with van der Waals surface area (Å²) in [5.74, 6) is 6.60. The monoisotopic (exact) mass is 248 g/mol. The fraction of sp³-hybridized carbons (Fsp3) is 0.462. The lowest BCUT2D eigenvalue weighted by molar-refractivity contribution is 0.441. The van der Waals surface area contributed by atoms with Crippen LogP contribution in [-0.2, 0) is 19.9 Å². The molecule has 0 radical (unpaired) electrons. The number of rotatable bonds is 6. The minimum Gasteiger partial charge on any atom is -0.469 e. The number of furan rings is 1. The number of nitrogens with zero attached hydrogens (tertiary/aromatic N) is 2. The van der Waals surface area contributed by atoms with E-state index in [0.29, 0.717) is 0 Å². The van der Waals surface area contributed by atoms with Crippen molar-refractivity contribution in [3.8, 4) is 0 Å². The first-order valence-corrected chi connectivity index (χ1v) is 6.17. The summed E-state index contributed by atoms with van der Waals surface area (Å²) in [4.78, 5) is 0. The molecule has 0 aliphatic heterocycles. The third-order valence-corrected chi connectivity index (χ3v) is 3.11. The maximum absolute atomic E-state index is 5.61. The van der Waals surface area contributed by atoms with Crippen LogP contribution in [0.2, 0.25) is 0 Å². The van der Waals surface area contributed by atoms with Gasteiger partial charge in [0.2, 0.25) is 0 Å². The first kappa shape index (κ1) is 12.9. The van der Waals surface area contributed by atoms with Crippen molar-refractivity contribution in [3.05, 3.63) is 41.6 Å². The Morgan fingerprint density at radius 2 is 2.39 bits per heavy atom. The molecule has 0 aliphatic carbocycles. The molecule has 1 unspecified atom stereocenters. The van der Waals surface area contributed by atoms with Gasteiger partial charge in [-0.15, -0.1) is 0 Å². The fourth-order valence-electron chi connectivity index (χ4n) is 2.12. The predicted octanol–water partition coefficient (Wildman–Crippen LogP) is 1.33. The first-order chi connectivity index (χ1) is 8.69. The summed E-state index contributed by atoms with van der Waals surface area (Å²) in [5, 5.41) is 4.34. The number of hydrazine groups is 1. The molecular weight excluding hydrogens is 228 g/mol. The molecule has 2 aromatic heterocycles. The molecule has 0 saturated heterocycles. The van der Waals surface area contributed by atoms with Crippen molar-refractivity contribution in [1.82, 2.24) is 15.2 Å². The van der Waals surface area contributed by atoms with Gasteiger partial charge in [-0.05, 0) is 31.5 Å². The highest BCUT2D eigenvalue weighted by Gasteiger charge is 2.12. The van der Waals surface area contributed by atoms with Crippen LogP contribution >= 0.6 is 0 Å². The molecule has 0 fully saturated rings. The van der Waals surface area contributed by atoms with Crippen LogP contribution in [-0.4, -0.2) is 15.8 Å². The summed E-state index contributed by atoms with van der Waals surface area (Å²) >= 11 is 0. The summed E-state index contributed by atoms with van der Waals surface area (Å²) in [6.07, 6.45) is 4.40. The summed E-state index contributed by atoms with van der Waals surface area (Å²) in [6.45, 7) is 2.00. The number of hydrogen-bond donors (Lipinski definition) is 2. The second-order valence-corrected chi connectivity index (χ2v) is 4.59. The largest absolute Gasteiger partial charge is 0.469 e. The Balaban J connectivity index is 1.91. The summed E-state index contributed by atoms with van der Waals surface area (Å²) < 4.78 is 7.23. The third kappa shape index (κ3) is 3.21. The van der Waals surface area contributed by atoms with Gasteiger partial charge < -0.3 is 4.42 Å². The highest BCUT2D eigenvalue weighted by Crippen LogP contribution is 2.10. The average Bonchev–Trinajstić information content (AvgIpc) is 2.95. The summed E-state index contributed by atoms with van der Waals surface area (Å²) in [5.41, 5.74) is 5.09. The second-order valence-electron chi connectivity index (χ2n) is 4.59. The normalized spacial score (nSPS) is 12.8. The van der Waals surface area contributed by atoms with E-state index in [1.165, 1.54) is 5.69 Å². The van der Waals surface area contributed by atoms with Gasteiger partial charge in [0.25, 0.3) is 0 Å². The molecule has 2 heterocycles. The Hall–Kier alpha value is -1.59. The molecular formula is C13H20N4O. The van der Waals surface area contributed by atoms with E-state index in [4.69, 9.17) is 10.3 Å². The SMILES string of the molecule is Cc1cc(CC(CCc2ccco2)NN)n(C)n1. The van der Waals surface area contributed by atoms with Crippen LogP contribution in [0, 0.1) is 6.92 Å². The second kappa shape index (κ2) is 5.84. The van der Waals surface area contributed by atoms with E-state index in [2.05, 4.69) is 16.6 Å². The van der Waals surface area contributed by atoms with E-state index in [0.717, 1.165) is 30.7 Å². The molecule has 1 atom stereocenters. The molecule has 0 bridgehead atoms. The molecule has 0 aliphatic rings. The Morgan fingerprint density at radius 1 is 1.56 bits per heavy atom. The zero-order valence-corrected chi connectivity index (χ0v) is 10.9. The molecule has 0 spiro atoms. The van der Waals surface area contributed by atoms with Crippen molar-refractivity contribution in [3.63, 3.8) is 0 Å². The maximum Gasteiger partial charge on any atom is 0.103 e. The Bertz CT molecular complexity index is 475. The van der Waals surface area contributed by atoms with Crippen LogP contribution in [0.15, 0.2) is 28.9 Å². The summed E-state index contributed by atoms with van der Waals surface area (Å²) in [6, 6.07) is 6.22. The molecule has 5 heteroatoms. The van der Waals surface area contributed by atoms with Crippen LogP contribution in [0.4, 0.5) is 0 Å². The number of aromatic nitrogens is 2. The summed E-state index contributed by atoms with van der Waals surface area (Å²) in [7, 11) is 1.96. The van der Waals surface area contributed by atoms with Crippen LogP contribution in [0.25, 0.3) is 0 Å². The number of aryl methyl sites for hydroxylation is 3. The van der Waals surface area contributed by atoms with E-state index in [1.807, 2.05) is 30.8 Å². The minimum absolute atomic E-state index is 0.227. The smallest absolute Gasteiger partial charge is 0.103 e. The Morgan fingerprint density at radius 3 is 2.94 bits per heavy atom. The van der Waals surface area contributed by atoms with Gasteiger partial charge in [0, 0.05) is 31.6 Å². The number of hydrogen-bond acceptors (Lipinski definition) is 4. The third-order valence-electron chi connectivity index (χ3n) is 3.11. The van der Waals surface area contributed by atoms with E-state index < -0.39 is 0 Å². The van der Waals surface area contributed by atoms with E-state index in [9.17, 15) is 0 Å². The topological polar surface area (TPSA) is 69.0 Å². The molecule has 2 rings (SSSR count). The van der Waals surface area contributed by atoms with Crippen LogP contribution in [0.1, 0.15) is 23.6 Å². The van der Waals surface area contributed by atoms with Gasteiger partial charge in [-0.3, -0.25) is 16.0 Å². The van der Waals surface area contributed by atoms with E-state index >= 15 is 0 Å². The van der Waals surface area contributed by atoms with Gasteiger partial charge in [-0.2, -0.15) is 5.10 Å². The molecule has 3 N–H and O–H groups in total. The minimum atomic E-state index is 0.227. The van der Waals surface area contributed by atoms with Crippen LogP contribution in [0.5, 0.6) is 0 Å². The lowest BCUT2D eigenvalue weighted by atomic mass is 10.1. The standard InChI is InChI=1S/C13H20N4O/c1-10-8-12(17(2)16-10)9-11(15-14)5-6-13-4-3-7-18-13/h3-4,7-8,11,15H,5-6,9,14H2,1-2H3. The molecule has 0 amide bonds. The van der Waals surface area contributed by atoms with Gasteiger partial charge in [0.15, 0.2) is 0 Å². The lowest BCUT2D eigenvalue weighted by Crippen LogP contribution is -2.37. The lowest BCUT2D eigenvalue weighted by Gasteiger charge is -2.15. The van der Waals surface area contributed by atoms with Gasteiger partial charge in [-0.25, -0.2) is 0 Å².